The molecule has 1 N–H and O–H groups in total. The van der Waals surface area contributed by atoms with E-state index in [9.17, 15) is 14.4 Å². The average molecular weight is 435 g/mol. The standard InChI is InChI=1S/C21H14FN5O3S/c1-29-15-8-4-12(5-9-15)18-16(10-23)19(28)26-21(25-18)31-11-17-24-20(30-27-17)13-2-6-14(22)7-3-13/h2-9H,11H2,1H3,(H,25,26,28). The van der Waals surface area contributed by atoms with Crippen molar-refractivity contribution in [3.05, 3.63) is 76.1 Å². The second-order valence-electron chi connectivity index (χ2n) is 6.25. The fourth-order valence-corrected chi connectivity index (χ4v) is 3.44. The summed E-state index contributed by atoms with van der Waals surface area (Å²) in [5.41, 5.74) is 0.871. The Balaban J connectivity index is 1.56. The lowest BCUT2D eigenvalue weighted by Gasteiger charge is -2.07. The van der Waals surface area contributed by atoms with Crippen LogP contribution in [0.3, 0.4) is 0 Å². The lowest BCUT2D eigenvalue weighted by molar-refractivity contribution is 0.415. The minimum Gasteiger partial charge on any atom is -0.497 e. The van der Waals surface area contributed by atoms with E-state index in [-0.39, 0.29) is 28.7 Å². The van der Waals surface area contributed by atoms with Gasteiger partial charge in [0.25, 0.3) is 11.4 Å². The second kappa shape index (κ2) is 8.81. The van der Waals surface area contributed by atoms with Crippen LogP contribution >= 0.6 is 11.8 Å². The van der Waals surface area contributed by atoms with E-state index in [2.05, 4.69) is 20.1 Å². The topological polar surface area (TPSA) is 118 Å². The lowest BCUT2D eigenvalue weighted by Crippen LogP contribution is -2.14. The maximum absolute atomic E-state index is 13.1. The van der Waals surface area contributed by atoms with Gasteiger partial charge in [0.2, 0.25) is 0 Å². The van der Waals surface area contributed by atoms with Crippen molar-refractivity contribution in [3.8, 4) is 34.5 Å². The summed E-state index contributed by atoms with van der Waals surface area (Å²) in [7, 11) is 1.55. The monoisotopic (exact) mass is 435 g/mol. The Morgan fingerprint density at radius 1 is 1.13 bits per heavy atom. The van der Waals surface area contributed by atoms with E-state index in [0.717, 1.165) is 0 Å². The quantitative estimate of drug-likeness (QED) is 0.359. The number of ether oxygens (including phenoxy) is 1. The smallest absolute Gasteiger partial charge is 0.270 e. The highest BCUT2D eigenvalue weighted by atomic mass is 32.2. The first-order valence-corrected chi connectivity index (χ1v) is 9.96. The number of aromatic nitrogens is 4. The van der Waals surface area contributed by atoms with Crippen LogP contribution in [0.4, 0.5) is 4.39 Å². The van der Waals surface area contributed by atoms with Crippen LogP contribution in [-0.2, 0) is 5.75 Å². The summed E-state index contributed by atoms with van der Waals surface area (Å²) in [5.74, 6) is 1.19. The first kappa shape index (κ1) is 20.3. The number of thioether (sulfide) groups is 1. The largest absolute Gasteiger partial charge is 0.497 e. The number of nitriles is 1. The highest BCUT2D eigenvalue weighted by Crippen LogP contribution is 2.26. The van der Waals surface area contributed by atoms with Crippen LogP contribution in [0.1, 0.15) is 11.4 Å². The van der Waals surface area contributed by atoms with Crippen molar-refractivity contribution in [1.29, 1.82) is 5.26 Å². The fourth-order valence-electron chi connectivity index (χ4n) is 2.74. The Morgan fingerprint density at radius 2 is 1.84 bits per heavy atom. The number of halogens is 1. The number of H-pyrrole nitrogens is 1. The molecule has 8 nitrogen and oxygen atoms in total. The van der Waals surface area contributed by atoms with E-state index in [0.29, 0.717) is 27.9 Å². The van der Waals surface area contributed by atoms with Gasteiger partial charge in [-0.15, -0.1) is 0 Å². The van der Waals surface area contributed by atoms with Crippen LogP contribution in [0, 0.1) is 17.1 Å². The van der Waals surface area contributed by atoms with E-state index < -0.39 is 5.56 Å². The Labute approximate surface area is 179 Å². The maximum atomic E-state index is 13.1. The van der Waals surface area contributed by atoms with Crippen LogP contribution < -0.4 is 10.3 Å². The molecular formula is C21H14FN5O3S. The third kappa shape index (κ3) is 4.46. The Morgan fingerprint density at radius 3 is 2.52 bits per heavy atom. The average Bonchev–Trinajstić information content (AvgIpc) is 3.27. The zero-order valence-electron chi connectivity index (χ0n) is 16.1. The summed E-state index contributed by atoms with van der Waals surface area (Å²) in [6, 6.07) is 14.5. The van der Waals surface area contributed by atoms with Crippen molar-refractivity contribution in [3.63, 3.8) is 0 Å². The van der Waals surface area contributed by atoms with Crippen molar-refractivity contribution < 1.29 is 13.7 Å². The number of aromatic amines is 1. The summed E-state index contributed by atoms with van der Waals surface area (Å²) in [5, 5.41) is 13.6. The molecule has 2 aromatic heterocycles. The zero-order chi connectivity index (χ0) is 21.8. The van der Waals surface area contributed by atoms with Crippen LogP contribution in [0.2, 0.25) is 0 Å². The van der Waals surface area contributed by atoms with E-state index in [4.69, 9.17) is 9.26 Å². The molecule has 31 heavy (non-hydrogen) atoms. The summed E-state index contributed by atoms with van der Waals surface area (Å²) >= 11 is 1.19. The van der Waals surface area contributed by atoms with Gasteiger partial charge in [-0.2, -0.15) is 10.2 Å². The molecule has 2 heterocycles. The third-order valence-corrected chi connectivity index (χ3v) is 5.14. The molecule has 154 valence electrons. The van der Waals surface area contributed by atoms with Crippen molar-refractivity contribution in [2.45, 2.75) is 10.9 Å². The van der Waals surface area contributed by atoms with Gasteiger partial charge in [-0.05, 0) is 48.5 Å². The number of nitrogens with zero attached hydrogens (tertiary/aromatic N) is 4. The number of nitrogens with one attached hydrogen (secondary N) is 1. The van der Waals surface area contributed by atoms with Gasteiger partial charge in [0, 0.05) is 11.1 Å². The van der Waals surface area contributed by atoms with Crippen LogP contribution in [-0.4, -0.2) is 27.2 Å². The third-order valence-electron chi connectivity index (χ3n) is 4.27. The molecule has 0 fully saturated rings. The minimum atomic E-state index is -0.536. The van der Waals surface area contributed by atoms with Crippen molar-refractivity contribution >= 4 is 11.8 Å². The van der Waals surface area contributed by atoms with Gasteiger partial charge >= 0.3 is 0 Å². The minimum absolute atomic E-state index is 0.0762. The predicted molar refractivity (Wildman–Crippen MR) is 111 cm³/mol. The molecule has 0 amide bonds. The summed E-state index contributed by atoms with van der Waals surface area (Å²) in [4.78, 5) is 23.7. The molecular weight excluding hydrogens is 421 g/mol. The van der Waals surface area contributed by atoms with Crippen molar-refractivity contribution in [1.82, 2.24) is 20.1 Å². The molecule has 0 atom stereocenters. The SMILES string of the molecule is COc1ccc(-c2nc(SCc3noc(-c4ccc(F)cc4)n3)[nH]c(=O)c2C#N)cc1. The van der Waals surface area contributed by atoms with Crippen molar-refractivity contribution in [2.24, 2.45) is 0 Å². The number of hydrogen-bond donors (Lipinski definition) is 1. The van der Waals surface area contributed by atoms with Crippen LogP contribution in [0.5, 0.6) is 5.75 Å². The molecule has 0 aliphatic rings. The maximum Gasteiger partial charge on any atom is 0.270 e. The molecule has 0 aliphatic carbocycles. The first-order chi connectivity index (χ1) is 15.1. The van der Waals surface area contributed by atoms with Crippen LogP contribution in [0.25, 0.3) is 22.7 Å². The molecule has 2 aromatic carbocycles. The van der Waals surface area contributed by atoms with Crippen molar-refractivity contribution in [2.75, 3.05) is 7.11 Å². The molecule has 0 saturated heterocycles. The molecule has 0 radical (unpaired) electrons. The summed E-state index contributed by atoms with van der Waals surface area (Å²) < 4.78 is 23.4. The van der Waals surface area contributed by atoms with Gasteiger partial charge in [-0.1, -0.05) is 16.9 Å². The molecule has 10 heteroatoms. The van der Waals surface area contributed by atoms with Crippen LogP contribution in [0.15, 0.2) is 63.0 Å². The van der Waals surface area contributed by atoms with Gasteiger partial charge in [-0.25, -0.2) is 9.37 Å². The Bertz CT molecular complexity index is 1310. The second-order valence-corrected chi connectivity index (χ2v) is 7.21. The molecule has 0 unspecified atom stereocenters. The first-order valence-electron chi connectivity index (χ1n) is 8.97. The summed E-state index contributed by atoms with van der Waals surface area (Å²) in [6.45, 7) is 0. The molecule has 0 bridgehead atoms. The lowest BCUT2D eigenvalue weighted by atomic mass is 10.1. The van der Waals surface area contributed by atoms with E-state index in [1.54, 1.807) is 43.5 Å². The highest BCUT2D eigenvalue weighted by molar-refractivity contribution is 7.98. The fraction of sp³-hybridized carbons (Fsp3) is 0.0952. The van der Waals surface area contributed by atoms with E-state index in [1.165, 1.54) is 23.9 Å². The summed E-state index contributed by atoms with van der Waals surface area (Å²) in [6.07, 6.45) is 0. The number of benzene rings is 2. The Hall–Kier alpha value is -3.97. The highest BCUT2D eigenvalue weighted by Gasteiger charge is 2.15. The molecule has 4 aromatic rings. The zero-order valence-corrected chi connectivity index (χ0v) is 16.9. The van der Waals surface area contributed by atoms with Gasteiger partial charge < -0.3 is 14.2 Å². The number of rotatable bonds is 6. The van der Waals surface area contributed by atoms with Gasteiger partial charge in [-0.3, -0.25) is 4.79 Å². The molecule has 0 spiro atoms. The Kier molecular flexibility index (Phi) is 5.77. The molecule has 0 aliphatic heterocycles. The predicted octanol–water partition coefficient (Wildman–Crippen LogP) is 3.80. The van der Waals surface area contributed by atoms with Gasteiger partial charge in [0.05, 0.1) is 18.6 Å². The molecule has 4 rings (SSSR count). The van der Waals surface area contributed by atoms with E-state index in [1.807, 2.05) is 6.07 Å². The van der Waals surface area contributed by atoms with Gasteiger partial charge in [0.15, 0.2) is 11.0 Å². The normalized spacial score (nSPS) is 10.6. The number of hydrogen-bond acceptors (Lipinski definition) is 8. The van der Waals surface area contributed by atoms with Gasteiger partial charge in [0.1, 0.15) is 23.2 Å². The van der Waals surface area contributed by atoms with E-state index >= 15 is 0 Å². The molecule has 0 saturated carbocycles. The number of methoxy groups -OCH3 is 1.